The quantitative estimate of drug-likeness (QED) is 0.287. The van der Waals surface area contributed by atoms with Crippen LogP contribution in [0.5, 0.6) is 0 Å². The monoisotopic (exact) mass is 880 g/mol. The van der Waals surface area contributed by atoms with Crippen LogP contribution in [-0.4, -0.2) is 56.1 Å². The van der Waals surface area contributed by atoms with Crippen LogP contribution in [-0.2, 0) is 54.6 Å². The van der Waals surface area contributed by atoms with Crippen LogP contribution < -0.4 is 10.2 Å². The zero-order valence-corrected chi connectivity index (χ0v) is 44.3. The summed E-state index contributed by atoms with van der Waals surface area (Å²) in [4.78, 5) is 7.57. The molecule has 0 amide bonds. The molecule has 0 unspecified atom stereocenters. The third-order valence-corrected chi connectivity index (χ3v) is 14.1. The number of aromatic nitrogens is 2. The van der Waals surface area contributed by atoms with E-state index in [1.54, 1.807) is 24.8 Å². The zero-order chi connectivity index (χ0) is 34.3. The molecule has 0 fully saturated rings. The van der Waals surface area contributed by atoms with Crippen LogP contribution >= 0.6 is 0 Å². The summed E-state index contributed by atoms with van der Waals surface area (Å²) in [5.41, 5.74) is -0.0278. The molecule has 0 spiro atoms. The fraction of sp³-hybridized carbons (Fsp3) is 0.688. The zero-order valence-electron chi connectivity index (χ0n) is 32.2. The van der Waals surface area contributed by atoms with Gasteiger partial charge < -0.3 is 19.5 Å². The smallest absolute Gasteiger partial charge is 0.854 e. The van der Waals surface area contributed by atoms with Gasteiger partial charge in [-0.05, 0) is 24.3 Å². The maximum absolute atomic E-state index is 9.95. The van der Waals surface area contributed by atoms with Crippen molar-refractivity contribution in [3.63, 3.8) is 0 Å². The minimum absolute atomic E-state index is 0. The van der Waals surface area contributed by atoms with E-state index in [1.807, 2.05) is 77.9 Å². The summed E-state index contributed by atoms with van der Waals surface area (Å²) in [7, 11) is -4.42. The second-order valence-corrected chi connectivity index (χ2v) is 35.5. The van der Waals surface area contributed by atoms with Gasteiger partial charge in [0.15, 0.2) is 0 Å². The molecule has 2 aromatic heterocycles. The maximum Gasteiger partial charge on any atom is 2.00 e. The minimum Gasteiger partial charge on any atom is -0.854 e. The summed E-state index contributed by atoms with van der Waals surface area (Å²) < 4.78 is 9.64. The van der Waals surface area contributed by atoms with E-state index in [4.69, 9.17) is 9.30 Å². The molecule has 0 saturated carbocycles. The van der Waals surface area contributed by atoms with E-state index < -0.39 is 32.9 Å². The van der Waals surface area contributed by atoms with Gasteiger partial charge in [0, 0.05) is 24.8 Å². The number of nitrogens with zero attached hydrogens (tertiary/aromatic N) is 4. The third kappa shape index (κ3) is 78.9. The van der Waals surface area contributed by atoms with E-state index >= 15 is 0 Å². The molecule has 248 valence electrons. The molecule has 44 heavy (non-hydrogen) atoms. The normalized spacial score (nSPS) is 11.2. The van der Waals surface area contributed by atoms with Crippen molar-refractivity contribution in [2.45, 2.75) is 120 Å². The van der Waals surface area contributed by atoms with Gasteiger partial charge in [0.2, 0.25) is 0 Å². The molecular weight excluding hydrogens is 810 g/mol. The molecule has 0 aliphatic rings. The van der Waals surface area contributed by atoms with E-state index in [-0.39, 0.29) is 78.6 Å². The van der Waals surface area contributed by atoms with Crippen LogP contribution in [0.3, 0.4) is 0 Å². The summed E-state index contributed by atoms with van der Waals surface area (Å²) in [5.74, 6) is 0. The molecule has 0 bridgehead atoms. The predicted molar refractivity (Wildman–Crippen MR) is 197 cm³/mol. The van der Waals surface area contributed by atoms with Crippen LogP contribution in [0.1, 0.15) is 41.5 Å². The van der Waals surface area contributed by atoms with Crippen LogP contribution in [0.2, 0.25) is 78.6 Å². The standard InChI is InChI=1S/2C6H18NSi2.2C5H5N.2C5H11O.2Cd/c2*1-8(2,3)7-9(4,5)6;2*1-2-4-6-5-3-1;2*1-5(2,3)4-6;;/h2*1-6H3;2*1-5H;2*4H2,1-3H3;;/q2*-1;;;2*-1;2*+2. The number of pyridine rings is 2. The van der Waals surface area contributed by atoms with Crippen molar-refractivity contribution >= 4 is 32.9 Å². The Labute approximate surface area is 319 Å². The van der Waals surface area contributed by atoms with Gasteiger partial charge in [0.1, 0.15) is 0 Å². The molecule has 0 aliphatic carbocycles. The van der Waals surface area contributed by atoms with Crippen LogP contribution in [0.15, 0.2) is 61.2 Å². The molecule has 12 heteroatoms. The molecule has 0 aliphatic heterocycles. The van der Waals surface area contributed by atoms with Crippen molar-refractivity contribution in [1.29, 1.82) is 0 Å². The molecule has 0 N–H and O–H groups in total. The number of hydrogen-bond acceptors (Lipinski definition) is 4. The van der Waals surface area contributed by atoms with Gasteiger partial charge in [-0.1, -0.05) is 176 Å². The van der Waals surface area contributed by atoms with Gasteiger partial charge in [0.25, 0.3) is 0 Å². The topological polar surface area (TPSA) is 100 Å². The van der Waals surface area contributed by atoms with Gasteiger partial charge in [-0.15, -0.1) is 13.2 Å². The Kier molecular flexibility index (Phi) is 37.4. The third-order valence-electron chi connectivity index (χ3n) is 3.34. The average molecular weight is 878 g/mol. The molecule has 0 radical (unpaired) electrons. The van der Waals surface area contributed by atoms with Gasteiger partial charge >= 0.3 is 54.6 Å². The Bertz CT molecular complexity index is 682. The van der Waals surface area contributed by atoms with E-state index in [2.05, 4.69) is 88.5 Å². The maximum atomic E-state index is 9.95. The van der Waals surface area contributed by atoms with Crippen molar-refractivity contribution in [2.75, 3.05) is 13.2 Å². The van der Waals surface area contributed by atoms with Crippen molar-refractivity contribution in [1.82, 2.24) is 9.97 Å². The molecule has 2 aromatic rings. The Morgan fingerprint density at radius 3 is 0.614 bits per heavy atom. The summed E-state index contributed by atoms with van der Waals surface area (Å²) in [6, 6.07) is 11.4. The second-order valence-electron chi connectivity index (χ2n) is 16.4. The fourth-order valence-corrected chi connectivity index (χ4v) is 18.7. The summed E-state index contributed by atoms with van der Waals surface area (Å²) in [6.07, 6.45) is 7.00. The van der Waals surface area contributed by atoms with Gasteiger partial charge in [-0.2, -0.15) is 0 Å². The van der Waals surface area contributed by atoms with Crippen molar-refractivity contribution < 1.29 is 64.8 Å². The van der Waals surface area contributed by atoms with Crippen molar-refractivity contribution in [2.24, 2.45) is 10.8 Å². The second kappa shape index (κ2) is 28.8. The van der Waals surface area contributed by atoms with Crippen molar-refractivity contribution in [3.8, 4) is 0 Å². The molecule has 2 rings (SSSR count). The first-order chi connectivity index (χ1) is 18.5. The molecule has 0 aromatic carbocycles. The predicted octanol–water partition coefficient (Wildman–Crippen LogP) is 9.00. The van der Waals surface area contributed by atoms with Crippen LogP contribution in [0.25, 0.3) is 9.30 Å². The first-order valence-corrected chi connectivity index (χ1v) is 28.7. The van der Waals surface area contributed by atoms with Gasteiger partial charge in [-0.25, -0.2) is 0 Å². The Morgan fingerprint density at radius 1 is 0.432 bits per heavy atom. The average Bonchev–Trinajstić information content (AvgIpc) is 2.78. The van der Waals surface area contributed by atoms with E-state index in [0.717, 1.165) is 0 Å². The fourth-order valence-electron chi connectivity index (χ4n) is 2.64. The molecule has 2 heterocycles. The van der Waals surface area contributed by atoms with Crippen LogP contribution in [0, 0.1) is 10.8 Å². The van der Waals surface area contributed by atoms with Gasteiger partial charge in [0.05, 0.1) is 0 Å². The Hall–Kier alpha value is 0.852. The molecule has 6 nitrogen and oxygen atoms in total. The summed E-state index contributed by atoms with van der Waals surface area (Å²) >= 11 is 0. The Balaban J connectivity index is -0.0000000984. The molecular formula is C32H68Cd2N4O2Si4. The SMILES string of the molecule is CC(C)(C)C[O-].CC(C)(C)C[O-].C[Si](C)(C)[N-][Si](C)(C)C.C[Si](C)(C)[N-][Si](C)(C)C.[Cd+2].[Cd+2].c1ccncc1.c1ccncc1. The molecule has 0 atom stereocenters. The Morgan fingerprint density at radius 2 is 0.591 bits per heavy atom. The van der Waals surface area contributed by atoms with Crippen LogP contribution in [0.4, 0.5) is 0 Å². The van der Waals surface area contributed by atoms with Crippen molar-refractivity contribution in [3.05, 3.63) is 70.5 Å². The summed E-state index contributed by atoms with van der Waals surface area (Å²) in [5, 5.41) is 19.9. The largest absolute Gasteiger partial charge is 2.00 e. The van der Waals surface area contributed by atoms with E-state index in [9.17, 15) is 10.2 Å². The number of hydrogen-bond donors (Lipinski definition) is 0. The summed E-state index contributed by atoms with van der Waals surface area (Å²) in [6.45, 7) is 39.2. The van der Waals surface area contributed by atoms with E-state index in [1.165, 1.54) is 0 Å². The molecule has 0 saturated heterocycles. The van der Waals surface area contributed by atoms with Gasteiger partial charge in [-0.3, -0.25) is 9.97 Å². The first-order valence-electron chi connectivity index (χ1n) is 14.9. The first kappa shape index (κ1) is 57.1. The minimum atomic E-state index is -1.11. The number of rotatable bonds is 4. The van der Waals surface area contributed by atoms with E-state index in [0.29, 0.717) is 0 Å².